The number of anilines is 1. The molecular formula is C10H17N3O. The molecular weight excluding hydrogens is 178 g/mol. The molecule has 4 nitrogen and oxygen atoms in total. The Kier molecular flexibility index (Phi) is 2.72. The van der Waals surface area contributed by atoms with Crippen LogP contribution in [-0.4, -0.2) is 24.8 Å². The van der Waals surface area contributed by atoms with E-state index in [-0.39, 0.29) is 0 Å². The molecule has 1 aliphatic rings. The van der Waals surface area contributed by atoms with E-state index >= 15 is 0 Å². The molecule has 0 unspecified atom stereocenters. The van der Waals surface area contributed by atoms with Crippen LogP contribution in [0.25, 0.3) is 0 Å². The summed E-state index contributed by atoms with van der Waals surface area (Å²) >= 11 is 0. The van der Waals surface area contributed by atoms with Gasteiger partial charge in [-0.3, -0.25) is 0 Å². The summed E-state index contributed by atoms with van der Waals surface area (Å²) in [7, 11) is 0. The first kappa shape index (κ1) is 9.52. The van der Waals surface area contributed by atoms with Gasteiger partial charge in [-0.05, 0) is 13.8 Å². The summed E-state index contributed by atoms with van der Waals surface area (Å²) in [5.74, 6) is 0.956. The van der Waals surface area contributed by atoms with E-state index in [4.69, 9.17) is 4.52 Å². The van der Waals surface area contributed by atoms with Gasteiger partial charge >= 0.3 is 0 Å². The van der Waals surface area contributed by atoms with Crippen LogP contribution >= 0.6 is 0 Å². The van der Waals surface area contributed by atoms with Crippen molar-refractivity contribution >= 4 is 5.88 Å². The smallest absolute Gasteiger partial charge is 0.232 e. The molecule has 0 atom stereocenters. The van der Waals surface area contributed by atoms with E-state index in [0.29, 0.717) is 0 Å². The molecule has 0 aliphatic carbocycles. The molecule has 0 bridgehead atoms. The topological polar surface area (TPSA) is 41.3 Å². The molecule has 0 aromatic carbocycles. The van der Waals surface area contributed by atoms with Crippen LogP contribution < -0.4 is 10.2 Å². The Labute approximate surface area is 84.3 Å². The highest BCUT2D eigenvalue weighted by Gasteiger charge is 2.21. The second-order valence-corrected chi connectivity index (χ2v) is 3.51. The van der Waals surface area contributed by atoms with Crippen molar-refractivity contribution in [1.82, 2.24) is 10.5 Å². The monoisotopic (exact) mass is 195 g/mol. The fourth-order valence-electron chi connectivity index (χ4n) is 1.89. The summed E-state index contributed by atoms with van der Waals surface area (Å²) in [6.07, 6.45) is 0.986. The van der Waals surface area contributed by atoms with Gasteiger partial charge in [-0.2, -0.15) is 0 Å². The first-order chi connectivity index (χ1) is 6.86. The zero-order valence-corrected chi connectivity index (χ0v) is 8.84. The molecule has 0 saturated carbocycles. The maximum atomic E-state index is 5.40. The third-order valence-electron chi connectivity index (χ3n) is 2.74. The maximum Gasteiger partial charge on any atom is 0.232 e. The molecule has 1 aromatic heterocycles. The van der Waals surface area contributed by atoms with Crippen LogP contribution in [0.2, 0.25) is 0 Å². The summed E-state index contributed by atoms with van der Waals surface area (Å²) < 4.78 is 5.40. The molecule has 78 valence electrons. The van der Waals surface area contributed by atoms with Gasteiger partial charge in [-0.25, -0.2) is 0 Å². The number of hydrogen-bond donors (Lipinski definition) is 1. The number of fused-ring (bicyclic) bond motifs is 1. The summed E-state index contributed by atoms with van der Waals surface area (Å²) in [6, 6.07) is 0. The van der Waals surface area contributed by atoms with E-state index < -0.39 is 0 Å². The average Bonchev–Trinajstić information content (AvgIpc) is 2.65. The van der Waals surface area contributed by atoms with Crippen LogP contribution in [0, 0.1) is 0 Å². The first-order valence-electron chi connectivity index (χ1n) is 5.29. The Morgan fingerprint density at radius 3 is 2.93 bits per heavy atom. The lowest BCUT2D eigenvalue weighted by Crippen LogP contribution is -2.27. The second kappa shape index (κ2) is 4.00. The number of nitrogens with zero attached hydrogens (tertiary/aromatic N) is 2. The van der Waals surface area contributed by atoms with E-state index in [9.17, 15) is 0 Å². The van der Waals surface area contributed by atoms with Crippen molar-refractivity contribution < 1.29 is 4.52 Å². The van der Waals surface area contributed by atoms with E-state index in [1.54, 1.807) is 0 Å². The summed E-state index contributed by atoms with van der Waals surface area (Å²) in [6.45, 7) is 8.11. The van der Waals surface area contributed by atoms with Crippen LogP contribution in [0.1, 0.15) is 25.1 Å². The summed E-state index contributed by atoms with van der Waals surface area (Å²) in [5.41, 5.74) is 2.38. The minimum absolute atomic E-state index is 0.894. The molecule has 1 aromatic rings. The molecule has 0 radical (unpaired) electrons. The van der Waals surface area contributed by atoms with Gasteiger partial charge in [0.15, 0.2) is 0 Å². The fourth-order valence-corrected chi connectivity index (χ4v) is 1.89. The summed E-state index contributed by atoms with van der Waals surface area (Å²) in [5, 5.41) is 7.46. The van der Waals surface area contributed by atoms with Gasteiger partial charge in [0.25, 0.3) is 0 Å². The fraction of sp³-hybridized carbons (Fsp3) is 0.700. The van der Waals surface area contributed by atoms with Gasteiger partial charge < -0.3 is 14.7 Å². The Morgan fingerprint density at radius 2 is 2.21 bits per heavy atom. The van der Waals surface area contributed by atoms with Crippen molar-refractivity contribution in [2.45, 2.75) is 26.8 Å². The van der Waals surface area contributed by atoms with Crippen molar-refractivity contribution in [2.75, 3.05) is 24.5 Å². The highest BCUT2D eigenvalue weighted by molar-refractivity contribution is 5.46. The second-order valence-electron chi connectivity index (χ2n) is 3.51. The lowest BCUT2D eigenvalue weighted by Gasteiger charge is -2.19. The molecule has 1 aliphatic heterocycles. The van der Waals surface area contributed by atoms with Gasteiger partial charge in [0.2, 0.25) is 5.88 Å². The lowest BCUT2D eigenvalue weighted by molar-refractivity contribution is 0.410. The number of rotatable bonds is 3. The van der Waals surface area contributed by atoms with E-state index in [1.807, 2.05) is 0 Å². The average molecular weight is 195 g/mol. The predicted octanol–water partition coefficient (Wildman–Crippen LogP) is 1.17. The Morgan fingerprint density at radius 1 is 1.43 bits per heavy atom. The van der Waals surface area contributed by atoms with Crippen LogP contribution in [0.15, 0.2) is 4.52 Å². The van der Waals surface area contributed by atoms with Crippen molar-refractivity contribution in [3.05, 3.63) is 11.3 Å². The number of aromatic nitrogens is 1. The van der Waals surface area contributed by atoms with Crippen LogP contribution in [0.3, 0.4) is 0 Å². The predicted molar refractivity (Wildman–Crippen MR) is 55.5 cm³/mol. The third kappa shape index (κ3) is 1.50. The molecule has 4 heteroatoms. The highest BCUT2D eigenvalue weighted by Crippen LogP contribution is 2.25. The van der Waals surface area contributed by atoms with Crippen molar-refractivity contribution in [2.24, 2.45) is 0 Å². The maximum absolute atomic E-state index is 5.40. The molecule has 14 heavy (non-hydrogen) atoms. The zero-order valence-electron chi connectivity index (χ0n) is 8.84. The van der Waals surface area contributed by atoms with Gasteiger partial charge in [0.05, 0.1) is 11.3 Å². The Balaban J connectivity index is 2.29. The minimum atomic E-state index is 0.894. The van der Waals surface area contributed by atoms with Crippen LogP contribution in [-0.2, 0) is 13.0 Å². The van der Waals surface area contributed by atoms with Gasteiger partial charge in [0, 0.05) is 32.6 Å². The van der Waals surface area contributed by atoms with Crippen molar-refractivity contribution in [3.8, 4) is 0 Å². The van der Waals surface area contributed by atoms with E-state index in [0.717, 1.165) is 44.2 Å². The summed E-state index contributed by atoms with van der Waals surface area (Å²) in [4.78, 5) is 2.21. The van der Waals surface area contributed by atoms with Gasteiger partial charge in [0.1, 0.15) is 0 Å². The third-order valence-corrected chi connectivity index (χ3v) is 2.74. The SMILES string of the molecule is CCN(CC)c1onc2c1CNCC2. The normalized spacial score (nSPS) is 15.3. The Hall–Kier alpha value is -1.03. The lowest BCUT2D eigenvalue weighted by atomic mass is 10.1. The van der Waals surface area contributed by atoms with Gasteiger partial charge in [-0.15, -0.1) is 0 Å². The van der Waals surface area contributed by atoms with Crippen molar-refractivity contribution in [1.29, 1.82) is 0 Å². The molecule has 2 rings (SSSR count). The number of nitrogens with one attached hydrogen (secondary N) is 1. The molecule has 1 N–H and O–H groups in total. The molecule has 0 spiro atoms. The number of hydrogen-bond acceptors (Lipinski definition) is 4. The largest absolute Gasteiger partial charge is 0.341 e. The molecule has 0 saturated heterocycles. The zero-order chi connectivity index (χ0) is 9.97. The highest BCUT2D eigenvalue weighted by atomic mass is 16.5. The Bertz CT molecular complexity index is 304. The quantitative estimate of drug-likeness (QED) is 0.786. The van der Waals surface area contributed by atoms with Gasteiger partial charge in [-0.1, -0.05) is 5.16 Å². The molecule has 0 amide bonds. The van der Waals surface area contributed by atoms with E-state index in [2.05, 4.69) is 29.2 Å². The van der Waals surface area contributed by atoms with Crippen molar-refractivity contribution in [3.63, 3.8) is 0 Å². The van der Waals surface area contributed by atoms with Crippen LogP contribution in [0.4, 0.5) is 5.88 Å². The minimum Gasteiger partial charge on any atom is -0.341 e. The standard InChI is InChI=1S/C10H17N3O/c1-3-13(4-2)10-8-7-11-6-5-9(8)12-14-10/h11H,3-7H2,1-2H3. The molecule has 0 fully saturated rings. The van der Waals surface area contributed by atoms with Crippen LogP contribution in [0.5, 0.6) is 0 Å². The molecule has 2 heterocycles. The first-order valence-corrected chi connectivity index (χ1v) is 5.29. The van der Waals surface area contributed by atoms with E-state index in [1.165, 1.54) is 5.56 Å².